The molecule has 4 aliphatic heterocycles. The maximum atomic E-state index is 13.1. The third kappa shape index (κ3) is 7.13. The fourth-order valence-corrected chi connectivity index (χ4v) is 7.91. The Kier molecular flexibility index (Phi) is 10.0. The van der Waals surface area contributed by atoms with Gasteiger partial charge in [-0.3, -0.25) is 9.69 Å². The molecule has 4 aliphatic rings. The number of nitrogens with zero attached hydrogens (tertiary/aromatic N) is 7. The number of fused-ring (bicyclic) bond motifs is 2. The van der Waals surface area contributed by atoms with E-state index in [2.05, 4.69) is 63.2 Å². The van der Waals surface area contributed by atoms with Gasteiger partial charge in [0.05, 0.1) is 22.8 Å². The summed E-state index contributed by atoms with van der Waals surface area (Å²) < 4.78 is 6.44. The lowest BCUT2D eigenvalue weighted by Gasteiger charge is -2.38. The second-order valence-corrected chi connectivity index (χ2v) is 14.2. The number of piperazine rings is 2. The normalized spacial score (nSPS) is 22.5. The van der Waals surface area contributed by atoms with E-state index in [1.807, 2.05) is 23.1 Å². The van der Waals surface area contributed by atoms with Crippen LogP contribution in [0, 0.1) is 0 Å². The molecule has 7 rings (SSSR count). The van der Waals surface area contributed by atoms with E-state index in [0.29, 0.717) is 32.3 Å². The predicted octanol–water partition coefficient (Wildman–Crippen LogP) is 4.21. The zero-order valence-electron chi connectivity index (χ0n) is 28.5. The van der Waals surface area contributed by atoms with Crippen LogP contribution in [0.4, 0.5) is 11.5 Å². The van der Waals surface area contributed by atoms with E-state index in [1.54, 1.807) is 6.08 Å². The SMILES string of the molecule is CCC1(COc2nc3c(c(N4CCN(C(=O)/C=C/CN5CCN(C)CC5)CC4)n2)CCN(c2cccc4cccc(Cl)c24)C3)CCCN1. The molecule has 256 valence electrons. The van der Waals surface area contributed by atoms with Gasteiger partial charge >= 0.3 is 6.01 Å². The van der Waals surface area contributed by atoms with Crippen LogP contribution in [-0.4, -0.2) is 122 Å². The van der Waals surface area contributed by atoms with Gasteiger partial charge in [0.25, 0.3) is 0 Å². The van der Waals surface area contributed by atoms with Gasteiger partial charge in [-0.05, 0) is 56.8 Å². The van der Waals surface area contributed by atoms with E-state index in [4.69, 9.17) is 26.3 Å². The summed E-state index contributed by atoms with van der Waals surface area (Å²) in [6, 6.07) is 12.9. The highest BCUT2D eigenvalue weighted by Crippen LogP contribution is 2.37. The van der Waals surface area contributed by atoms with Gasteiger partial charge in [0.1, 0.15) is 12.4 Å². The summed E-state index contributed by atoms with van der Waals surface area (Å²) in [5.74, 6) is 1.05. The van der Waals surface area contributed by atoms with E-state index in [0.717, 1.165) is 118 Å². The summed E-state index contributed by atoms with van der Waals surface area (Å²) in [7, 11) is 2.16. The molecular formula is C37H49ClN8O2. The van der Waals surface area contributed by atoms with Crippen molar-refractivity contribution >= 4 is 39.8 Å². The first kappa shape index (κ1) is 33.1. The molecule has 1 unspecified atom stereocenters. The van der Waals surface area contributed by atoms with E-state index in [9.17, 15) is 4.79 Å². The van der Waals surface area contributed by atoms with Gasteiger partial charge < -0.3 is 29.7 Å². The van der Waals surface area contributed by atoms with Crippen LogP contribution < -0.4 is 19.9 Å². The lowest BCUT2D eigenvalue weighted by molar-refractivity contribution is -0.126. The minimum absolute atomic E-state index is 0.0327. The minimum atomic E-state index is -0.0327. The largest absolute Gasteiger partial charge is 0.461 e. The third-order valence-corrected chi connectivity index (χ3v) is 11.1. The lowest BCUT2D eigenvalue weighted by Crippen LogP contribution is -2.49. The van der Waals surface area contributed by atoms with Crippen molar-refractivity contribution in [2.75, 3.05) is 95.4 Å². The molecule has 1 aromatic heterocycles. The van der Waals surface area contributed by atoms with Crippen molar-refractivity contribution in [1.29, 1.82) is 0 Å². The molecule has 0 radical (unpaired) electrons. The molecule has 0 saturated carbocycles. The van der Waals surface area contributed by atoms with E-state index in [-0.39, 0.29) is 11.4 Å². The molecule has 1 N–H and O–H groups in total. The van der Waals surface area contributed by atoms with Gasteiger partial charge in [0, 0.05) is 88.2 Å². The van der Waals surface area contributed by atoms with Gasteiger partial charge in [0.2, 0.25) is 5.91 Å². The van der Waals surface area contributed by atoms with Crippen molar-refractivity contribution in [1.82, 2.24) is 30.0 Å². The Labute approximate surface area is 289 Å². The highest BCUT2D eigenvalue weighted by atomic mass is 35.5. The Hall–Kier alpha value is -3.44. The van der Waals surface area contributed by atoms with Crippen molar-refractivity contribution < 1.29 is 9.53 Å². The van der Waals surface area contributed by atoms with Crippen molar-refractivity contribution in [2.45, 2.75) is 44.7 Å². The van der Waals surface area contributed by atoms with Crippen LogP contribution in [0.25, 0.3) is 10.8 Å². The third-order valence-electron chi connectivity index (χ3n) is 10.8. The number of rotatable bonds is 9. The van der Waals surface area contributed by atoms with Crippen LogP contribution in [-0.2, 0) is 17.8 Å². The lowest BCUT2D eigenvalue weighted by atomic mass is 9.95. The summed E-state index contributed by atoms with van der Waals surface area (Å²) in [4.78, 5) is 34.7. The molecule has 11 heteroatoms. The van der Waals surface area contributed by atoms with E-state index >= 15 is 0 Å². The number of aromatic nitrogens is 2. The zero-order valence-corrected chi connectivity index (χ0v) is 29.2. The topological polar surface area (TPSA) is 80.3 Å². The summed E-state index contributed by atoms with van der Waals surface area (Å²) in [6.07, 6.45) is 7.87. The average molecular weight is 673 g/mol. The van der Waals surface area contributed by atoms with Crippen LogP contribution in [0.15, 0.2) is 48.6 Å². The zero-order chi connectivity index (χ0) is 33.1. The number of carbonyl (C=O) groups excluding carboxylic acids is 1. The van der Waals surface area contributed by atoms with Crippen molar-refractivity contribution in [3.05, 3.63) is 64.8 Å². The van der Waals surface area contributed by atoms with Gasteiger partial charge in [-0.1, -0.05) is 48.9 Å². The molecule has 1 atom stereocenters. The standard InChI is InChI=1S/C37H49ClN8O2/c1-3-37(14-7-15-39-37)27-48-36-40-31-26-46(32-11-5-9-28-8-4-10-30(38)34(28)32)17-13-29(31)35(41-36)45-24-22-44(23-25-45)33(47)12-6-16-43-20-18-42(2)19-21-43/h4-6,8-12,39H,3,7,13-27H2,1-2H3/b12-6+. The maximum Gasteiger partial charge on any atom is 0.318 e. The number of likely N-dealkylation sites (N-methyl/N-ethyl adjacent to an activating group) is 1. The smallest absolute Gasteiger partial charge is 0.318 e. The Bertz CT molecular complexity index is 1620. The summed E-state index contributed by atoms with van der Waals surface area (Å²) >= 11 is 6.75. The number of hydrogen-bond donors (Lipinski definition) is 1. The van der Waals surface area contributed by atoms with Crippen LogP contribution >= 0.6 is 11.6 Å². The first-order valence-corrected chi connectivity index (χ1v) is 18.1. The van der Waals surface area contributed by atoms with Gasteiger partial charge in [-0.15, -0.1) is 0 Å². The first-order chi connectivity index (χ1) is 23.4. The first-order valence-electron chi connectivity index (χ1n) is 17.7. The van der Waals surface area contributed by atoms with Crippen LogP contribution in [0.1, 0.15) is 37.4 Å². The molecule has 3 aromatic rings. The highest BCUT2D eigenvalue weighted by Gasteiger charge is 2.34. The molecular weight excluding hydrogens is 624 g/mol. The van der Waals surface area contributed by atoms with E-state index in [1.165, 1.54) is 5.56 Å². The van der Waals surface area contributed by atoms with Crippen molar-refractivity contribution in [3.8, 4) is 6.01 Å². The molecule has 1 amide bonds. The number of halogens is 1. The molecule has 0 spiro atoms. The Balaban J connectivity index is 1.09. The summed E-state index contributed by atoms with van der Waals surface area (Å²) in [5, 5.41) is 6.64. The fourth-order valence-electron chi connectivity index (χ4n) is 7.64. The van der Waals surface area contributed by atoms with Crippen molar-refractivity contribution in [2.24, 2.45) is 0 Å². The molecule has 3 saturated heterocycles. The monoisotopic (exact) mass is 672 g/mol. The molecule has 5 heterocycles. The Morgan fingerprint density at radius 1 is 1.00 bits per heavy atom. The molecule has 48 heavy (non-hydrogen) atoms. The maximum absolute atomic E-state index is 13.1. The predicted molar refractivity (Wildman–Crippen MR) is 193 cm³/mol. The van der Waals surface area contributed by atoms with E-state index < -0.39 is 0 Å². The van der Waals surface area contributed by atoms with Gasteiger partial charge in [-0.25, -0.2) is 0 Å². The molecule has 2 aromatic carbocycles. The molecule has 3 fully saturated rings. The van der Waals surface area contributed by atoms with Gasteiger partial charge in [0.15, 0.2) is 0 Å². The minimum Gasteiger partial charge on any atom is -0.461 e. The number of carbonyl (C=O) groups is 1. The number of hydrogen-bond acceptors (Lipinski definition) is 9. The Morgan fingerprint density at radius 2 is 1.79 bits per heavy atom. The molecule has 10 nitrogen and oxygen atoms in total. The number of benzene rings is 2. The van der Waals surface area contributed by atoms with Gasteiger partial charge in [-0.2, -0.15) is 9.97 Å². The second-order valence-electron chi connectivity index (χ2n) is 13.8. The van der Waals surface area contributed by atoms with Crippen LogP contribution in [0.2, 0.25) is 5.02 Å². The number of anilines is 2. The summed E-state index contributed by atoms with van der Waals surface area (Å²) in [5.41, 5.74) is 3.27. The number of ether oxygens (including phenoxy) is 1. The fraction of sp³-hybridized carbons (Fsp3) is 0.541. The molecule has 0 bridgehead atoms. The number of amides is 1. The van der Waals surface area contributed by atoms with Crippen LogP contribution in [0.3, 0.4) is 0 Å². The average Bonchev–Trinajstić information content (AvgIpc) is 3.60. The van der Waals surface area contributed by atoms with Crippen molar-refractivity contribution in [3.63, 3.8) is 0 Å². The molecule has 0 aliphatic carbocycles. The highest BCUT2D eigenvalue weighted by molar-refractivity contribution is 6.36. The van der Waals surface area contributed by atoms with Crippen LogP contribution in [0.5, 0.6) is 6.01 Å². The summed E-state index contributed by atoms with van der Waals surface area (Å²) in [6.45, 7) is 13.1. The number of nitrogens with one attached hydrogen (secondary N) is 1. The quantitative estimate of drug-likeness (QED) is 0.337. The Morgan fingerprint density at radius 3 is 2.54 bits per heavy atom. The second kappa shape index (κ2) is 14.6.